The molecule has 94 valence electrons. The average molecular weight is 237 g/mol. The van der Waals surface area contributed by atoms with Gasteiger partial charge in [-0.2, -0.15) is 0 Å². The lowest BCUT2D eigenvalue weighted by atomic mass is 9.94. The molecule has 4 nitrogen and oxygen atoms in total. The maximum Gasteiger partial charge on any atom is 0.220 e. The first-order chi connectivity index (χ1) is 8.15. The van der Waals surface area contributed by atoms with Gasteiger partial charge in [0.15, 0.2) is 0 Å². The Morgan fingerprint density at radius 1 is 1.35 bits per heavy atom. The van der Waals surface area contributed by atoms with Crippen molar-refractivity contribution in [3.8, 4) is 0 Å². The van der Waals surface area contributed by atoms with E-state index in [4.69, 9.17) is 5.11 Å². The summed E-state index contributed by atoms with van der Waals surface area (Å²) >= 11 is 0. The highest BCUT2D eigenvalue weighted by Crippen LogP contribution is 2.23. The minimum Gasteiger partial charge on any atom is -0.395 e. The summed E-state index contributed by atoms with van der Waals surface area (Å²) in [5.41, 5.74) is 0.815. The van der Waals surface area contributed by atoms with Gasteiger partial charge in [0, 0.05) is 13.0 Å². The fourth-order valence-electron chi connectivity index (χ4n) is 1.65. The van der Waals surface area contributed by atoms with Gasteiger partial charge in [0.2, 0.25) is 5.91 Å². The van der Waals surface area contributed by atoms with Crippen LogP contribution in [0.25, 0.3) is 0 Å². The van der Waals surface area contributed by atoms with Crippen LogP contribution in [0.1, 0.15) is 25.0 Å². The largest absolute Gasteiger partial charge is 0.395 e. The zero-order valence-corrected chi connectivity index (χ0v) is 9.97. The fraction of sp³-hybridized carbons (Fsp3) is 0.462. The van der Waals surface area contributed by atoms with Crippen LogP contribution >= 0.6 is 0 Å². The molecule has 4 heteroatoms. The zero-order valence-electron chi connectivity index (χ0n) is 9.97. The van der Waals surface area contributed by atoms with E-state index in [0.29, 0.717) is 0 Å². The van der Waals surface area contributed by atoms with Crippen molar-refractivity contribution < 1.29 is 15.0 Å². The molecule has 0 radical (unpaired) electrons. The van der Waals surface area contributed by atoms with Crippen LogP contribution < -0.4 is 5.32 Å². The number of carbonyl (C=O) groups is 1. The lowest BCUT2D eigenvalue weighted by Gasteiger charge is -2.18. The molecule has 0 bridgehead atoms. The molecule has 1 amide bonds. The second-order valence-electron chi connectivity index (χ2n) is 4.11. The highest BCUT2D eigenvalue weighted by atomic mass is 16.3. The molecular weight excluding hydrogens is 218 g/mol. The first kappa shape index (κ1) is 13.7. The highest BCUT2D eigenvalue weighted by Gasteiger charge is 2.18. The Labute approximate surface area is 101 Å². The molecule has 0 aromatic heterocycles. The number of hydrogen-bond donors (Lipinski definition) is 3. The third-order valence-corrected chi connectivity index (χ3v) is 2.62. The van der Waals surface area contributed by atoms with Crippen molar-refractivity contribution in [3.63, 3.8) is 0 Å². The topological polar surface area (TPSA) is 69.6 Å². The van der Waals surface area contributed by atoms with Crippen molar-refractivity contribution in [3.05, 3.63) is 35.9 Å². The summed E-state index contributed by atoms with van der Waals surface area (Å²) < 4.78 is 0. The fourth-order valence-corrected chi connectivity index (χ4v) is 1.65. The van der Waals surface area contributed by atoms with E-state index in [9.17, 15) is 9.90 Å². The zero-order chi connectivity index (χ0) is 12.7. The van der Waals surface area contributed by atoms with Crippen molar-refractivity contribution in [2.75, 3.05) is 13.2 Å². The number of aliphatic hydroxyl groups is 2. The summed E-state index contributed by atoms with van der Waals surface area (Å²) in [4.78, 5) is 11.4. The highest BCUT2D eigenvalue weighted by molar-refractivity contribution is 5.76. The second kappa shape index (κ2) is 7.04. The molecule has 0 saturated carbocycles. The lowest BCUT2D eigenvalue weighted by Crippen LogP contribution is -2.29. The Balaban J connectivity index is 2.47. The standard InChI is InChI=1S/C13H19NO3/c1-10(9-12(16)14-7-8-15)13(17)11-5-3-2-4-6-11/h2-6,10,13,15,17H,7-9H2,1H3,(H,14,16). The molecule has 17 heavy (non-hydrogen) atoms. The van der Waals surface area contributed by atoms with Gasteiger partial charge in [0.25, 0.3) is 0 Å². The molecule has 0 spiro atoms. The van der Waals surface area contributed by atoms with Crippen molar-refractivity contribution in [1.82, 2.24) is 5.32 Å². The third kappa shape index (κ3) is 4.54. The minimum atomic E-state index is -0.643. The van der Waals surface area contributed by atoms with Gasteiger partial charge in [-0.1, -0.05) is 37.3 Å². The van der Waals surface area contributed by atoms with E-state index in [1.807, 2.05) is 37.3 Å². The molecule has 2 unspecified atom stereocenters. The molecule has 3 N–H and O–H groups in total. The molecule has 0 aliphatic carbocycles. The quantitative estimate of drug-likeness (QED) is 0.687. The Morgan fingerprint density at radius 2 is 2.00 bits per heavy atom. The minimum absolute atomic E-state index is 0.0681. The molecule has 1 aromatic carbocycles. The molecule has 0 fully saturated rings. The van der Waals surface area contributed by atoms with E-state index in [-0.39, 0.29) is 31.4 Å². The number of rotatable bonds is 6. The van der Waals surface area contributed by atoms with Crippen LogP contribution in [0.5, 0.6) is 0 Å². The molecule has 1 rings (SSSR count). The van der Waals surface area contributed by atoms with Gasteiger partial charge >= 0.3 is 0 Å². The molecule has 2 atom stereocenters. The van der Waals surface area contributed by atoms with Gasteiger partial charge < -0.3 is 15.5 Å². The summed E-state index contributed by atoms with van der Waals surface area (Å²) in [6.07, 6.45) is -0.396. The van der Waals surface area contributed by atoms with Crippen LogP contribution in [0.4, 0.5) is 0 Å². The molecule has 0 aliphatic heterocycles. The number of nitrogens with one attached hydrogen (secondary N) is 1. The van der Waals surface area contributed by atoms with Gasteiger partial charge in [-0.15, -0.1) is 0 Å². The predicted octanol–water partition coefficient (Wildman–Crippen LogP) is 0.855. The third-order valence-electron chi connectivity index (χ3n) is 2.62. The van der Waals surface area contributed by atoms with E-state index in [2.05, 4.69) is 5.32 Å². The number of carbonyl (C=O) groups excluding carboxylic acids is 1. The van der Waals surface area contributed by atoms with Crippen LogP contribution in [-0.2, 0) is 4.79 Å². The number of benzene rings is 1. The average Bonchev–Trinajstić information content (AvgIpc) is 2.36. The summed E-state index contributed by atoms with van der Waals surface area (Å²) in [5, 5.41) is 21.2. The van der Waals surface area contributed by atoms with Crippen LogP contribution in [0.15, 0.2) is 30.3 Å². The van der Waals surface area contributed by atoms with Gasteiger partial charge in [-0.3, -0.25) is 4.79 Å². The second-order valence-corrected chi connectivity index (χ2v) is 4.11. The monoisotopic (exact) mass is 237 g/mol. The Bertz CT molecular complexity index is 340. The Kier molecular flexibility index (Phi) is 5.66. The van der Waals surface area contributed by atoms with Crippen molar-refractivity contribution in [2.24, 2.45) is 5.92 Å². The number of hydrogen-bond acceptors (Lipinski definition) is 3. The van der Waals surface area contributed by atoms with Gasteiger partial charge in [-0.05, 0) is 11.5 Å². The van der Waals surface area contributed by atoms with E-state index in [0.717, 1.165) is 5.56 Å². The molecule has 0 aliphatic rings. The predicted molar refractivity (Wildman–Crippen MR) is 65.3 cm³/mol. The van der Waals surface area contributed by atoms with Crippen LogP contribution in [-0.4, -0.2) is 29.3 Å². The molecule has 1 aromatic rings. The Morgan fingerprint density at radius 3 is 2.59 bits per heavy atom. The maximum absolute atomic E-state index is 11.4. The van der Waals surface area contributed by atoms with Crippen LogP contribution in [0.3, 0.4) is 0 Å². The number of aliphatic hydroxyl groups excluding tert-OH is 2. The van der Waals surface area contributed by atoms with Crippen LogP contribution in [0.2, 0.25) is 0 Å². The smallest absolute Gasteiger partial charge is 0.220 e. The molecule has 0 heterocycles. The lowest BCUT2D eigenvalue weighted by molar-refractivity contribution is -0.123. The first-order valence-corrected chi connectivity index (χ1v) is 5.75. The van der Waals surface area contributed by atoms with Gasteiger partial charge in [-0.25, -0.2) is 0 Å². The van der Waals surface area contributed by atoms with Crippen molar-refractivity contribution >= 4 is 5.91 Å². The molecule has 0 saturated heterocycles. The van der Waals surface area contributed by atoms with E-state index >= 15 is 0 Å². The van der Waals surface area contributed by atoms with Gasteiger partial charge in [0.1, 0.15) is 0 Å². The molecular formula is C13H19NO3. The Hall–Kier alpha value is -1.39. The van der Waals surface area contributed by atoms with Crippen LogP contribution in [0, 0.1) is 5.92 Å². The summed E-state index contributed by atoms with van der Waals surface area (Å²) in [5.74, 6) is -0.308. The first-order valence-electron chi connectivity index (χ1n) is 5.75. The number of amides is 1. The SMILES string of the molecule is CC(CC(=O)NCCO)C(O)c1ccccc1. The van der Waals surface area contributed by atoms with E-state index < -0.39 is 6.10 Å². The maximum atomic E-state index is 11.4. The van der Waals surface area contributed by atoms with Gasteiger partial charge in [0.05, 0.1) is 12.7 Å². The van der Waals surface area contributed by atoms with Crippen molar-refractivity contribution in [1.29, 1.82) is 0 Å². The van der Waals surface area contributed by atoms with E-state index in [1.54, 1.807) is 0 Å². The summed E-state index contributed by atoms with van der Waals surface area (Å²) in [6, 6.07) is 9.28. The van der Waals surface area contributed by atoms with E-state index in [1.165, 1.54) is 0 Å². The normalized spacial score (nSPS) is 14.1. The van der Waals surface area contributed by atoms with Crippen molar-refractivity contribution in [2.45, 2.75) is 19.4 Å². The summed E-state index contributed by atoms with van der Waals surface area (Å²) in [7, 11) is 0. The summed E-state index contributed by atoms with van der Waals surface area (Å²) in [6.45, 7) is 2.02.